The van der Waals surface area contributed by atoms with Crippen molar-refractivity contribution in [3.8, 4) is 16.8 Å². The van der Waals surface area contributed by atoms with Crippen molar-refractivity contribution in [1.29, 1.82) is 0 Å². The molecule has 4 aromatic rings. The third-order valence-electron chi connectivity index (χ3n) is 9.63. The molecule has 1 saturated carbocycles. The number of aliphatic imine (C=N–C) groups is 1. The van der Waals surface area contributed by atoms with Crippen LogP contribution in [-0.2, 0) is 15.1 Å². The van der Waals surface area contributed by atoms with Gasteiger partial charge in [-0.25, -0.2) is 37.0 Å². The quantitative estimate of drug-likeness (QED) is 0.143. The molecule has 0 radical (unpaired) electrons. The highest BCUT2D eigenvalue weighted by Gasteiger charge is 2.65. The van der Waals surface area contributed by atoms with Gasteiger partial charge in [-0.3, -0.25) is 14.7 Å². The molecule has 2 aromatic heterocycles. The Morgan fingerprint density at radius 2 is 1.80 bits per heavy atom. The molecule has 1 unspecified atom stereocenters. The van der Waals surface area contributed by atoms with Crippen LogP contribution in [0.15, 0.2) is 66.0 Å². The van der Waals surface area contributed by atoms with Crippen molar-refractivity contribution in [3.63, 3.8) is 0 Å². The standard InChI is InChI=1S/C36H32ClF7N8O3/c1-33(2,3)16-35(21-7-4-18(12-23(21)38)20-6-9-24(27(39)40)45-14-20)30(53)51-26(15-55-32(54)50-34(10-11-34)36(42,43)44)19-5-8-22(37)25(13-19)52-29(46-17-47-52)28(41)48-31(51)49-35/h4-9,12-14,17,26-28H,10-11,15-16H2,1-3H3,(H,48,49)(H,50,54)/t26-,28?,35-/m1/s1. The molecular formula is C36H32ClF7N8O3. The number of rotatable bonds is 7. The van der Waals surface area contributed by atoms with E-state index in [2.05, 4.69) is 25.4 Å². The van der Waals surface area contributed by atoms with E-state index in [4.69, 9.17) is 16.3 Å². The second-order valence-corrected chi connectivity index (χ2v) is 15.2. The maximum Gasteiger partial charge on any atom is 0.411 e. The van der Waals surface area contributed by atoms with Crippen LogP contribution < -0.4 is 10.6 Å². The molecule has 2 N–H and O–H groups in total. The van der Waals surface area contributed by atoms with Gasteiger partial charge in [0.1, 0.15) is 35.5 Å². The van der Waals surface area contributed by atoms with Crippen molar-refractivity contribution >= 4 is 29.6 Å². The van der Waals surface area contributed by atoms with E-state index in [1.165, 1.54) is 36.4 Å². The van der Waals surface area contributed by atoms with Gasteiger partial charge in [-0.1, -0.05) is 56.6 Å². The molecule has 2 amide bonds. The fourth-order valence-electron chi connectivity index (χ4n) is 6.90. The number of ether oxygens (including phenoxy) is 1. The molecule has 3 aliphatic rings. The van der Waals surface area contributed by atoms with Gasteiger partial charge in [0.05, 0.1) is 16.8 Å². The number of nitrogens with one attached hydrogen (secondary N) is 2. The van der Waals surface area contributed by atoms with E-state index in [1.54, 1.807) is 20.8 Å². The zero-order valence-corrected chi connectivity index (χ0v) is 30.0. The van der Waals surface area contributed by atoms with E-state index >= 15 is 13.6 Å². The van der Waals surface area contributed by atoms with Crippen LogP contribution in [0.3, 0.4) is 0 Å². The van der Waals surface area contributed by atoms with E-state index in [-0.39, 0.29) is 52.5 Å². The summed E-state index contributed by atoms with van der Waals surface area (Å²) in [6.07, 6.45) is -9.87. The summed E-state index contributed by atoms with van der Waals surface area (Å²) in [5.74, 6) is -2.50. The van der Waals surface area contributed by atoms with Gasteiger partial charge < -0.3 is 15.4 Å². The summed E-state index contributed by atoms with van der Waals surface area (Å²) in [4.78, 5) is 40.9. The molecule has 2 aromatic carbocycles. The fourth-order valence-corrected chi connectivity index (χ4v) is 7.10. The smallest absolute Gasteiger partial charge is 0.411 e. The summed E-state index contributed by atoms with van der Waals surface area (Å²) >= 11 is 6.49. The zero-order valence-electron chi connectivity index (χ0n) is 29.3. The van der Waals surface area contributed by atoms with E-state index in [1.807, 2.05) is 5.32 Å². The lowest BCUT2D eigenvalue weighted by Crippen LogP contribution is -2.49. The molecule has 1 saturated heterocycles. The van der Waals surface area contributed by atoms with Crippen LogP contribution in [0.25, 0.3) is 16.8 Å². The highest BCUT2D eigenvalue weighted by molar-refractivity contribution is 6.32. The van der Waals surface area contributed by atoms with Crippen LogP contribution in [-0.4, -0.2) is 60.9 Å². The van der Waals surface area contributed by atoms with Gasteiger partial charge in [-0.15, -0.1) is 0 Å². The molecular weight excluding hydrogens is 761 g/mol. The zero-order chi connectivity index (χ0) is 39.7. The predicted molar refractivity (Wildman–Crippen MR) is 183 cm³/mol. The number of amides is 2. The van der Waals surface area contributed by atoms with Crippen LogP contribution >= 0.6 is 11.6 Å². The Morgan fingerprint density at radius 3 is 2.42 bits per heavy atom. The average Bonchev–Trinajstić information content (AvgIpc) is 3.65. The second kappa shape index (κ2) is 13.5. The van der Waals surface area contributed by atoms with E-state index in [0.717, 1.165) is 34.2 Å². The number of hydrogen-bond donors (Lipinski definition) is 2. The van der Waals surface area contributed by atoms with Gasteiger partial charge >= 0.3 is 12.3 Å². The Labute approximate surface area is 313 Å². The lowest BCUT2D eigenvalue weighted by molar-refractivity contribution is -0.164. The first kappa shape index (κ1) is 38.0. The van der Waals surface area contributed by atoms with Crippen molar-refractivity contribution in [2.45, 2.75) is 76.1 Å². The summed E-state index contributed by atoms with van der Waals surface area (Å²) in [6, 6.07) is 9.28. The lowest BCUT2D eigenvalue weighted by Gasteiger charge is -2.35. The van der Waals surface area contributed by atoms with Crippen LogP contribution in [0, 0.1) is 11.2 Å². The van der Waals surface area contributed by atoms with Crippen molar-refractivity contribution in [2.24, 2.45) is 10.4 Å². The summed E-state index contributed by atoms with van der Waals surface area (Å²) < 4.78 is 107. The lowest BCUT2D eigenvalue weighted by atomic mass is 9.75. The van der Waals surface area contributed by atoms with Crippen molar-refractivity contribution < 1.29 is 45.1 Å². The number of aromatic nitrogens is 4. The molecule has 4 heterocycles. The average molecular weight is 793 g/mol. The van der Waals surface area contributed by atoms with E-state index in [9.17, 15) is 26.7 Å². The highest BCUT2D eigenvalue weighted by atomic mass is 35.5. The number of benzene rings is 2. The van der Waals surface area contributed by atoms with Gasteiger partial charge in [0.2, 0.25) is 5.96 Å². The Kier molecular flexibility index (Phi) is 9.33. The minimum atomic E-state index is -4.74. The Balaban J connectivity index is 1.35. The van der Waals surface area contributed by atoms with Gasteiger partial charge in [0, 0.05) is 17.3 Å². The molecule has 2 aliphatic heterocycles. The molecule has 55 heavy (non-hydrogen) atoms. The van der Waals surface area contributed by atoms with Crippen molar-refractivity contribution in [1.82, 2.24) is 35.3 Å². The summed E-state index contributed by atoms with van der Waals surface area (Å²) in [7, 11) is 0. The highest BCUT2D eigenvalue weighted by Crippen LogP contribution is 2.49. The summed E-state index contributed by atoms with van der Waals surface area (Å²) in [5, 5.41) is 9.03. The number of halogens is 8. The number of alkyl carbamates (subject to hydrolysis) is 1. The number of fused-ring (bicyclic) bond motifs is 5. The molecule has 3 atom stereocenters. The van der Waals surface area contributed by atoms with Crippen LogP contribution in [0.1, 0.15) is 81.4 Å². The van der Waals surface area contributed by atoms with Crippen LogP contribution in [0.4, 0.5) is 35.5 Å². The number of hydrogen-bond acceptors (Lipinski definition) is 8. The third kappa shape index (κ3) is 6.95. The molecule has 1 aliphatic carbocycles. The van der Waals surface area contributed by atoms with Gasteiger partial charge in [-0.05, 0) is 60.1 Å². The first-order chi connectivity index (χ1) is 25.8. The molecule has 290 valence electrons. The first-order valence-electron chi connectivity index (χ1n) is 16.9. The molecule has 0 spiro atoms. The Hall–Kier alpha value is -5.26. The number of pyridine rings is 1. The van der Waals surface area contributed by atoms with Crippen LogP contribution in [0.2, 0.25) is 5.02 Å². The van der Waals surface area contributed by atoms with Gasteiger partial charge in [-0.2, -0.15) is 18.3 Å². The number of carbonyl (C=O) groups excluding carboxylic acids is 2. The topological polar surface area (TPSA) is 127 Å². The minimum absolute atomic E-state index is 0.0832. The molecule has 2 bridgehead atoms. The SMILES string of the molecule is CC(C)(C)C[C@]1(c2ccc(-c3ccc(C(F)F)nc3)cc2F)N/C2=N\C(F)c3ncnn3-c3cc(ccc3Cl)[C@@H](COC(=O)NC3(C(F)(F)F)CC3)N2C1=O. The maximum absolute atomic E-state index is 16.5. The summed E-state index contributed by atoms with van der Waals surface area (Å²) in [5.41, 5.74) is -4.96. The minimum Gasteiger partial charge on any atom is -0.447 e. The van der Waals surface area contributed by atoms with Crippen molar-refractivity contribution in [2.75, 3.05) is 6.61 Å². The first-order valence-corrected chi connectivity index (χ1v) is 17.3. The number of guanidine groups is 1. The van der Waals surface area contributed by atoms with Crippen molar-refractivity contribution in [3.05, 3.63) is 94.5 Å². The predicted octanol–water partition coefficient (Wildman–Crippen LogP) is 8.02. The van der Waals surface area contributed by atoms with Gasteiger partial charge in [0.25, 0.3) is 18.6 Å². The van der Waals surface area contributed by atoms with Gasteiger partial charge in [0.15, 0.2) is 5.82 Å². The number of carbonyl (C=O) groups is 2. The van der Waals surface area contributed by atoms with E-state index < -0.39 is 77.5 Å². The maximum atomic E-state index is 16.5. The number of alkyl halides is 6. The van der Waals surface area contributed by atoms with Crippen LogP contribution in [0.5, 0.6) is 0 Å². The molecule has 2 fully saturated rings. The second-order valence-electron chi connectivity index (χ2n) is 14.8. The number of nitrogens with zero attached hydrogens (tertiary/aromatic N) is 6. The Bertz CT molecular complexity index is 2190. The summed E-state index contributed by atoms with van der Waals surface area (Å²) in [6.45, 7) is 4.59. The normalized spacial score (nSPS) is 22.7. The monoisotopic (exact) mass is 792 g/mol. The molecule has 7 rings (SSSR count). The van der Waals surface area contributed by atoms with E-state index in [0.29, 0.717) is 5.56 Å². The molecule has 19 heteroatoms. The Morgan fingerprint density at radius 1 is 1.07 bits per heavy atom. The third-order valence-corrected chi connectivity index (χ3v) is 9.95. The fraction of sp³-hybridized carbons (Fsp3) is 0.389. The molecule has 11 nitrogen and oxygen atoms in total. The largest absolute Gasteiger partial charge is 0.447 e.